The standard InChI is InChI=1S/C6H11ClO2S/c7-5-3-1-2-4-6(5)10(8)9/h5-6H,1-4H2,(H,8,9)/p-1. The monoisotopic (exact) mass is 181 g/mol. The van der Waals surface area contributed by atoms with E-state index < -0.39 is 11.1 Å². The van der Waals surface area contributed by atoms with Crippen LogP contribution in [0.2, 0.25) is 0 Å². The van der Waals surface area contributed by atoms with Crippen LogP contribution in [0.25, 0.3) is 0 Å². The van der Waals surface area contributed by atoms with Crippen LogP contribution in [0.1, 0.15) is 25.7 Å². The lowest BCUT2D eigenvalue weighted by atomic mass is 10.00. The molecule has 0 aromatic carbocycles. The molecule has 1 saturated carbocycles. The molecule has 0 saturated heterocycles. The molecule has 0 aromatic heterocycles. The lowest BCUT2D eigenvalue weighted by molar-refractivity contribution is 0.465. The van der Waals surface area contributed by atoms with Crippen LogP contribution < -0.4 is 0 Å². The predicted molar refractivity (Wildman–Crippen MR) is 40.8 cm³/mol. The van der Waals surface area contributed by atoms with E-state index in [1.807, 2.05) is 0 Å². The van der Waals surface area contributed by atoms with Gasteiger partial charge in [-0.15, -0.1) is 11.6 Å². The summed E-state index contributed by atoms with van der Waals surface area (Å²) in [5, 5.41) is -0.442. The van der Waals surface area contributed by atoms with Crippen LogP contribution in [0, 0.1) is 0 Å². The van der Waals surface area contributed by atoms with Crippen molar-refractivity contribution in [1.82, 2.24) is 0 Å². The largest absolute Gasteiger partial charge is 0.772 e. The van der Waals surface area contributed by atoms with Crippen molar-refractivity contribution in [2.75, 3.05) is 0 Å². The van der Waals surface area contributed by atoms with Gasteiger partial charge in [-0.2, -0.15) is 0 Å². The zero-order valence-electron chi connectivity index (χ0n) is 5.59. The van der Waals surface area contributed by atoms with Crippen molar-refractivity contribution < 1.29 is 8.76 Å². The highest BCUT2D eigenvalue weighted by molar-refractivity contribution is 7.79. The van der Waals surface area contributed by atoms with E-state index in [0.29, 0.717) is 0 Å². The molecule has 1 aliphatic carbocycles. The summed E-state index contributed by atoms with van der Waals surface area (Å²) in [5.74, 6) is 0. The van der Waals surface area contributed by atoms with Crippen LogP contribution in [-0.2, 0) is 11.1 Å². The minimum absolute atomic E-state index is 0.146. The Kier molecular flexibility index (Phi) is 3.14. The zero-order valence-corrected chi connectivity index (χ0v) is 7.16. The first-order valence-corrected chi connectivity index (χ1v) is 5.01. The molecule has 1 aliphatic rings. The highest BCUT2D eigenvalue weighted by Crippen LogP contribution is 2.25. The third kappa shape index (κ3) is 1.94. The number of rotatable bonds is 1. The molecule has 0 bridgehead atoms. The fourth-order valence-electron chi connectivity index (χ4n) is 1.27. The molecule has 1 fully saturated rings. The van der Waals surface area contributed by atoms with E-state index in [1.54, 1.807) is 0 Å². The molecule has 3 atom stereocenters. The molecule has 0 radical (unpaired) electrons. The van der Waals surface area contributed by atoms with Gasteiger partial charge in [0.2, 0.25) is 0 Å². The van der Waals surface area contributed by atoms with Crippen molar-refractivity contribution in [2.45, 2.75) is 36.3 Å². The second-order valence-corrected chi connectivity index (χ2v) is 4.29. The van der Waals surface area contributed by atoms with Gasteiger partial charge in [0.05, 0.1) is 0 Å². The van der Waals surface area contributed by atoms with Crippen molar-refractivity contribution in [1.29, 1.82) is 0 Å². The predicted octanol–water partition coefficient (Wildman–Crippen LogP) is 1.42. The topological polar surface area (TPSA) is 40.1 Å². The number of halogens is 1. The second-order valence-electron chi connectivity index (χ2n) is 2.60. The Morgan fingerprint density at radius 1 is 1.40 bits per heavy atom. The zero-order chi connectivity index (χ0) is 7.56. The van der Waals surface area contributed by atoms with Crippen molar-refractivity contribution in [2.24, 2.45) is 0 Å². The van der Waals surface area contributed by atoms with Gasteiger partial charge in [-0.1, -0.05) is 23.9 Å². The molecule has 0 heterocycles. The summed E-state index contributed by atoms with van der Waals surface area (Å²) in [6.07, 6.45) is 3.66. The SMILES string of the molecule is O=S([O-])C1CCCCC1Cl. The summed E-state index contributed by atoms with van der Waals surface area (Å²) >= 11 is 3.82. The lowest BCUT2D eigenvalue weighted by Gasteiger charge is -2.28. The summed E-state index contributed by atoms with van der Waals surface area (Å²) in [5.41, 5.74) is 0. The van der Waals surface area contributed by atoms with Crippen molar-refractivity contribution in [3.05, 3.63) is 0 Å². The Morgan fingerprint density at radius 2 is 2.00 bits per heavy atom. The van der Waals surface area contributed by atoms with E-state index in [4.69, 9.17) is 11.6 Å². The van der Waals surface area contributed by atoms with E-state index in [1.165, 1.54) is 0 Å². The minimum atomic E-state index is -1.96. The minimum Gasteiger partial charge on any atom is -0.772 e. The highest BCUT2D eigenvalue weighted by Gasteiger charge is 2.23. The van der Waals surface area contributed by atoms with E-state index in [9.17, 15) is 8.76 Å². The van der Waals surface area contributed by atoms with Crippen LogP contribution in [0.5, 0.6) is 0 Å². The average Bonchev–Trinajstić information content (AvgIpc) is 1.88. The van der Waals surface area contributed by atoms with Crippen LogP contribution in [-0.4, -0.2) is 19.4 Å². The summed E-state index contributed by atoms with van der Waals surface area (Å²) in [6.45, 7) is 0. The quantitative estimate of drug-likeness (QED) is 0.454. The number of hydrogen-bond acceptors (Lipinski definition) is 2. The Morgan fingerprint density at radius 3 is 2.40 bits per heavy atom. The van der Waals surface area contributed by atoms with E-state index in [-0.39, 0.29) is 10.6 Å². The van der Waals surface area contributed by atoms with E-state index in [0.717, 1.165) is 25.7 Å². The molecule has 0 spiro atoms. The van der Waals surface area contributed by atoms with Gasteiger partial charge in [0.1, 0.15) is 0 Å². The number of hydrogen-bond donors (Lipinski definition) is 0. The Labute approximate surface area is 68.2 Å². The molecular formula is C6H10ClO2S-. The first-order valence-electron chi connectivity index (χ1n) is 3.44. The Hall–Kier alpha value is 0.400. The van der Waals surface area contributed by atoms with Crippen molar-refractivity contribution in [3.63, 3.8) is 0 Å². The maximum absolute atomic E-state index is 10.5. The van der Waals surface area contributed by atoms with Gasteiger partial charge in [-0.25, -0.2) is 0 Å². The van der Waals surface area contributed by atoms with Crippen LogP contribution in [0.4, 0.5) is 0 Å². The third-order valence-electron chi connectivity index (χ3n) is 1.87. The van der Waals surface area contributed by atoms with Crippen molar-refractivity contribution in [3.8, 4) is 0 Å². The fourth-order valence-corrected chi connectivity index (χ4v) is 2.54. The number of alkyl halides is 1. The van der Waals surface area contributed by atoms with Gasteiger partial charge < -0.3 is 4.55 Å². The molecule has 4 heteroatoms. The van der Waals surface area contributed by atoms with Gasteiger partial charge in [0, 0.05) is 10.6 Å². The molecule has 0 aliphatic heterocycles. The maximum Gasteiger partial charge on any atom is 0.0468 e. The normalized spacial score (nSPS) is 37.4. The van der Waals surface area contributed by atoms with Crippen LogP contribution >= 0.6 is 11.6 Å². The van der Waals surface area contributed by atoms with Gasteiger partial charge >= 0.3 is 0 Å². The first kappa shape index (κ1) is 8.50. The molecule has 0 aromatic rings. The summed E-state index contributed by atoms with van der Waals surface area (Å²) in [4.78, 5) is 0. The van der Waals surface area contributed by atoms with Gasteiger partial charge in [-0.05, 0) is 12.8 Å². The molecule has 1 rings (SSSR count). The fraction of sp³-hybridized carbons (Fsp3) is 1.00. The van der Waals surface area contributed by atoms with E-state index in [2.05, 4.69) is 0 Å². The molecular weight excluding hydrogens is 172 g/mol. The van der Waals surface area contributed by atoms with E-state index >= 15 is 0 Å². The molecule has 0 N–H and O–H groups in total. The second kappa shape index (κ2) is 3.69. The van der Waals surface area contributed by atoms with Gasteiger partial charge in [0.25, 0.3) is 0 Å². The summed E-state index contributed by atoms with van der Waals surface area (Å²) in [6, 6.07) is 0. The smallest absolute Gasteiger partial charge is 0.0468 e. The van der Waals surface area contributed by atoms with Gasteiger partial charge in [-0.3, -0.25) is 4.21 Å². The van der Waals surface area contributed by atoms with Crippen LogP contribution in [0.15, 0.2) is 0 Å². The third-order valence-corrected chi connectivity index (χ3v) is 3.60. The molecule has 0 amide bonds. The molecule has 2 nitrogen and oxygen atoms in total. The average molecular weight is 182 g/mol. The molecule has 60 valence electrons. The van der Waals surface area contributed by atoms with Crippen molar-refractivity contribution >= 4 is 22.7 Å². The maximum atomic E-state index is 10.5. The highest BCUT2D eigenvalue weighted by atomic mass is 35.5. The molecule has 3 unspecified atom stereocenters. The summed E-state index contributed by atoms with van der Waals surface area (Å²) in [7, 11) is 0. The molecule has 10 heavy (non-hydrogen) atoms. The first-order chi connectivity index (χ1) is 4.72. The summed E-state index contributed by atoms with van der Waals surface area (Å²) < 4.78 is 21.0. The van der Waals surface area contributed by atoms with Crippen LogP contribution in [0.3, 0.4) is 0 Å². The Balaban J connectivity index is 2.47. The van der Waals surface area contributed by atoms with Gasteiger partial charge in [0.15, 0.2) is 0 Å². The lowest BCUT2D eigenvalue weighted by Crippen LogP contribution is -2.29. The Bertz CT molecular complexity index is 140.